The van der Waals surface area contributed by atoms with Crippen molar-refractivity contribution in [1.29, 1.82) is 0 Å². The number of hydrogen-bond acceptors (Lipinski definition) is 2. The quantitative estimate of drug-likeness (QED) is 0.536. The van der Waals surface area contributed by atoms with Crippen molar-refractivity contribution in [2.24, 2.45) is 5.92 Å². The topological polar surface area (TPSA) is 43.1 Å². The minimum absolute atomic E-state index is 0.0306. The Hall–Kier alpha value is -1.38. The van der Waals surface area contributed by atoms with Gasteiger partial charge in [-0.15, -0.1) is 0 Å². The minimum Gasteiger partial charge on any atom is -0.264 e. The average molecular weight is 217 g/mol. The van der Waals surface area contributed by atoms with Crippen LogP contribution in [0.15, 0.2) is 24.3 Å². The largest absolute Gasteiger partial charge is 0.264 e. The van der Waals surface area contributed by atoms with Crippen molar-refractivity contribution in [2.45, 2.75) is 37.6 Å². The van der Waals surface area contributed by atoms with Gasteiger partial charge in [-0.3, -0.25) is 10.1 Å². The summed E-state index contributed by atoms with van der Waals surface area (Å²) in [5.41, 5.74) is 1.42. The number of nitrogens with zero attached hydrogens (tertiary/aromatic N) is 1. The first-order chi connectivity index (χ1) is 7.72. The summed E-state index contributed by atoms with van der Waals surface area (Å²) in [6, 6.07) is 7.95. The van der Waals surface area contributed by atoms with Crippen LogP contribution in [0.3, 0.4) is 0 Å². The van der Waals surface area contributed by atoms with Crippen molar-refractivity contribution in [3.63, 3.8) is 0 Å². The summed E-state index contributed by atoms with van der Waals surface area (Å²) in [7, 11) is 0. The van der Waals surface area contributed by atoms with Crippen molar-refractivity contribution in [3.05, 3.63) is 45.5 Å². The van der Waals surface area contributed by atoms with E-state index in [0.29, 0.717) is 5.92 Å². The Balaban J connectivity index is 2.19. The van der Waals surface area contributed by atoms with E-state index >= 15 is 0 Å². The molecule has 0 N–H and O–H groups in total. The van der Waals surface area contributed by atoms with E-state index in [1.165, 1.54) is 5.56 Å². The van der Waals surface area contributed by atoms with Gasteiger partial charge in [-0.05, 0) is 30.7 Å². The summed E-state index contributed by atoms with van der Waals surface area (Å²) in [4.78, 5) is 11.4. The van der Waals surface area contributed by atoms with Crippen molar-refractivity contribution >= 4 is 0 Å². The summed E-state index contributed by atoms with van der Waals surface area (Å²) in [6.07, 6.45) is 4.62. The maximum atomic E-state index is 11.5. The Morgan fingerprint density at radius 3 is 2.94 bits per heavy atom. The van der Waals surface area contributed by atoms with E-state index in [0.717, 1.165) is 37.7 Å². The number of rotatable bonds is 1. The molecule has 1 saturated carbocycles. The molecule has 0 aromatic heterocycles. The smallest absolute Gasteiger partial charge is 0.247 e. The lowest BCUT2D eigenvalue weighted by Gasteiger charge is -2.21. The van der Waals surface area contributed by atoms with Crippen molar-refractivity contribution in [2.75, 3.05) is 0 Å². The van der Waals surface area contributed by atoms with Gasteiger partial charge in [0.15, 0.2) is 0 Å². The van der Waals surface area contributed by atoms with Crippen LogP contribution >= 0.6 is 0 Å². The van der Waals surface area contributed by atoms with Gasteiger partial charge in [-0.25, -0.2) is 0 Å². The van der Waals surface area contributed by atoms with E-state index in [1.807, 2.05) is 18.2 Å². The van der Waals surface area contributed by atoms with Gasteiger partial charge < -0.3 is 0 Å². The fraction of sp³-hybridized carbons (Fsp3) is 0.538. The maximum Gasteiger partial charge on any atom is 0.247 e. The molecular formula is C13H15NO2. The molecule has 0 heterocycles. The highest BCUT2D eigenvalue weighted by atomic mass is 16.6. The number of benzene rings is 1. The SMILES string of the molecule is O=[N+]([O-])C12CCC(CCc3ccccc31)C2. The minimum atomic E-state index is -0.766. The Kier molecular flexibility index (Phi) is 2.03. The molecule has 0 amide bonds. The van der Waals surface area contributed by atoms with E-state index in [9.17, 15) is 10.1 Å². The zero-order valence-corrected chi connectivity index (χ0v) is 9.19. The van der Waals surface area contributed by atoms with Gasteiger partial charge >= 0.3 is 0 Å². The van der Waals surface area contributed by atoms with Crippen LogP contribution in [0.2, 0.25) is 0 Å². The third kappa shape index (κ3) is 1.20. The summed E-state index contributed by atoms with van der Waals surface area (Å²) >= 11 is 0. The molecule has 0 saturated heterocycles. The van der Waals surface area contributed by atoms with Gasteiger partial charge in [0, 0.05) is 23.3 Å². The van der Waals surface area contributed by atoms with Crippen LogP contribution in [0.25, 0.3) is 0 Å². The molecule has 2 unspecified atom stereocenters. The first-order valence-corrected chi connectivity index (χ1v) is 5.95. The molecule has 1 fully saturated rings. The maximum absolute atomic E-state index is 11.5. The normalized spacial score (nSPS) is 31.9. The summed E-state index contributed by atoms with van der Waals surface area (Å²) in [5.74, 6) is 0.554. The molecule has 84 valence electrons. The van der Waals surface area contributed by atoms with E-state index in [-0.39, 0.29) is 4.92 Å². The van der Waals surface area contributed by atoms with Gasteiger partial charge in [-0.1, -0.05) is 24.3 Å². The summed E-state index contributed by atoms with van der Waals surface area (Å²) < 4.78 is 0. The van der Waals surface area contributed by atoms with Gasteiger partial charge in [0.25, 0.3) is 0 Å². The second-order valence-corrected chi connectivity index (χ2v) is 5.09. The van der Waals surface area contributed by atoms with Crippen molar-refractivity contribution in [1.82, 2.24) is 0 Å². The summed E-state index contributed by atoms with van der Waals surface area (Å²) in [5, 5.41) is 11.5. The lowest BCUT2D eigenvalue weighted by molar-refractivity contribution is -0.578. The second kappa shape index (κ2) is 3.30. The molecule has 2 atom stereocenters. The number of aryl methyl sites for hydroxylation is 1. The van der Waals surface area contributed by atoms with Crippen LogP contribution in [0, 0.1) is 16.0 Å². The zero-order chi connectivity index (χ0) is 11.2. The molecule has 3 heteroatoms. The van der Waals surface area contributed by atoms with Gasteiger partial charge in [0.05, 0.1) is 0 Å². The van der Waals surface area contributed by atoms with Gasteiger partial charge in [-0.2, -0.15) is 0 Å². The average Bonchev–Trinajstić information content (AvgIpc) is 2.63. The van der Waals surface area contributed by atoms with Crippen LogP contribution in [0.1, 0.15) is 36.8 Å². The molecule has 2 bridgehead atoms. The molecule has 16 heavy (non-hydrogen) atoms. The molecule has 0 spiro atoms. The highest BCUT2D eigenvalue weighted by Gasteiger charge is 2.53. The van der Waals surface area contributed by atoms with Crippen LogP contribution in [0.5, 0.6) is 0 Å². The third-order valence-electron chi connectivity index (χ3n) is 4.28. The van der Waals surface area contributed by atoms with Crippen molar-refractivity contribution < 1.29 is 4.92 Å². The number of fused-ring (bicyclic) bond motifs is 4. The molecule has 1 aromatic carbocycles. The monoisotopic (exact) mass is 217 g/mol. The Morgan fingerprint density at radius 2 is 2.12 bits per heavy atom. The second-order valence-electron chi connectivity index (χ2n) is 5.09. The van der Waals surface area contributed by atoms with E-state index in [4.69, 9.17) is 0 Å². The highest BCUT2D eigenvalue weighted by molar-refractivity contribution is 5.35. The molecule has 3 rings (SSSR count). The van der Waals surface area contributed by atoms with Crippen molar-refractivity contribution in [3.8, 4) is 0 Å². The molecule has 2 aliphatic carbocycles. The van der Waals surface area contributed by atoms with E-state index < -0.39 is 5.54 Å². The molecule has 3 nitrogen and oxygen atoms in total. The highest BCUT2D eigenvalue weighted by Crippen LogP contribution is 2.49. The lowest BCUT2D eigenvalue weighted by Crippen LogP contribution is -2.33. The molecular weight excluding hydrogens is 202 g/mol. The predicted molar refractivity (Wildman–Crippen MR) is 60.8 cm³/mol. The van der Waals surface area contributed by atoms with Crippen LogP contribution in [-0.4, -0.2) is 4.92 Å². The van der Waals surface area contributed by atoms with Gasteiger partial charge in [0.1, 0.15) is 0 Å². The van der Waals surface area contributed by atoms with Crippen LogP contribution < -0.4 is 0 Å². The molecule has 1 aromatic rings. The first-order valence-electron chi connectivity index (χ1n) is 5.95. The van der Waals surface area contributed by atoms with Gasteiger partial charge in [0.2, 0.25) is 5.54 Å². The molecule has 2 aliphatic rings. The Labute approximate surface area is 94.6 Å². The zero-order valence-electron chi connectivity index (χ0n) is 9.19. The fourth-order valence-corrected chi connectivity index (χ4v) is 3.43. The molecule has 0 radical (unpaired) electrons. The number of hydrogen-bond donors (Lipinski definition) is 0. The predicted octanol–water partition coefficient (Wildman–Crippen LogP) is 2.90. The lowest BCUT2D eigenvalue weighted by atomic mass is 9.86. The van der Waals surface area contributed by atoms with E-state index in [2.05, 4.69) is 6.07 Å². The third-order valence-corrected chi connectivity index (χ3v) is 4.28. The Morgan fingerprint density at radius 1 is 1.31 bits per heavy atom. The Bertz CT molecular complexity index is 443. The number of nitro groups is 1. The first kappa shape index (κ1) is 9.82. The van der Waals surface area contributed by atoms with E-state index in [1.54, 1.807) is 0 Å². The van der Waals surface area contributed by atoms with Crippen LogP contribution in [-0.2, 0) is 12.0 Å². The summed E-state index contributed by atoms with van der Waals surface area (Å²) in [6.45, 7) is 0. The molecule has 0 aliphatic heterocycles. The standard InChI is InChI=1S/C13H15NO2/c15-14(16)13-8-7-10(9-13)5-6-11-3-1-2-4-12(11)13/h1-4,10H,5-9H2. The van der Waals surface area contributed by atoms with Crippen LogP contribution in [0.4, 0.5) is 0 Å². The fourth-order valence-electron chi connectivity index (χ4n) is 3.43.